The molecule has 0 bridgehead atoms. The molecule has 2 aromatic rings. The molecule has 0 atom stereocenters. The van der Waals surface area contributed by atoms with Crippen molar-refractivity contribution in [1.29, 1.82) is 0 Å². The van der Waals surface area contributed by atoms with Gasteiger partial charge in [0, 0.05) is 23.4 Å². The molecule has 1 heterocycles. The van der Waals surface area contributed by atoms with Crippen LogP contribution in [0.2, 0.25) is 0 Å². The molecule has 1 aromatic heterocycles. The Bertz CT molecular complexity index is 591. The third-order valence-electron chi connectivity index (χ3n) is 3.39. The summed E-state index contributed by atoms with van der Waals surface area (Å²) in [6.45, 7) is 8.89. The van der Waals surface area contributed by atoms with Crippen molar-refractivity contribution in [2.45, 2.75) is 39.7 Å². The molecular formula is C16H21N3O. The number of benzene rings is 1. The highest BCUT2D eigenvalue weighted by atomic mass is 16.1. The molecule has 0 unspecified atom stereocenters. The van der Waals surface area contributed by atoms with Gasteiger partial charge in [0.05, 0.1) is 6.20 Å². The fourth-order valence-electron chi connectivity index (χ4n) is 1.95. The van der Waals surface area contributed by atoms with Crippen molar-refractivity contribution in [2.24, 2.45) is 0 Å². The van der Waals surface area contributed by atoms with Crippen molar-refractivity contribution < 1.29 is 4.79 Å². The van der Waals surface area contributed by atoms with Crippen molar-refractivity contribution in [1.82, 2.24) is 15.5 Å². The Kier molecular flexibility index (Phi) is 3.93. The second-order valence-electron chi connectivity index (χ2n) is 6.03. The van der Waals surface area contributed by atoms with Crippen molar-refractivity contribution in [3.05, 3.63) is 52.8 Å². The van der Waals surface area contributed by atoms with Crippen LogP contribution < -0.4 is 5.32 Å². The molecule has 0 spiro atoms. The maximum absolute atomic E-state index is 12.1. The topological polar surface area (TPSA) is 57.8 Å². The van der Waals surface area contributed by atoms with Gasteiger partial charge in [-0.3, -0.25) is 9.89 Å². The molecule has 2 rings (SSSR count). The number of hydrogen-bond donors (Lipinski definition) is 2. The van der Waals surface area contributed by atoms with Gasteiger partial charge in [-0.05, 0) is 30.0 Å². The van der Waals surface area contributed by atoms with Crippen LogP contribution in [-0.4, -0.2) is 16.1 Å². The van der Waals surface area contributed by atoms with E-state index in [0.717, 1.165) is 11.3 Å². The van der Waals surface area contributed by atoms with E-state index < -0.39 is 0 Å². The smallest absolute Gasteiger partial charge is 0.251 e. The van der Waals surface area contributed by atoms with E-state index in [1.807, 2.05) is 31.2 Å². The van der Waals surface area contributed by atoms with Gasteiger partial charge in [-0.1, -0.05) is 32.9 Å². The van der Waals surface area contributed by atoms with E-state index in [4.69, 9.17) is 0 Å². The van der Waals surface area contributed by atoms with Gasteiger partial charge in [-0.15, -0.1) is 0 Å². The number of H-pyrrole nitrogens is 1. The zero-order valence-corrected chi connectivity index (χ0v) is 12.4. The summed E-state index contributed by atoms with van der Waals surface area (Å²) in [5, 5.41) is 9.69. The molecule has 0 fully saturated rings. The second kappa shape index (κ2) is 5.49. The Hall–Kier alpha value is -2.10. The quantitative estimate of drug-likeness (QED) is 0.901. The molecule has 106 valence electrons. The largest absolute Gasteiger partial charge is 0.348 e. The number of amides is 1. The number of aryl methyl sites for hydroxylation is 1. The van der Waals surface area contributed by atoms with Crippen molar-refractivity contribution in [3.8, 4) is 0 Å². The summed E-state index contributed by atoms with van der Waals surface area (Å²) in [7, 11) is 0. The van der Waals surface area contributed by atoms with Crippen LogP contribution in [0.25, 0.3) is 0 Å². The first-order valence-electron chi connectivity index (χ1n) is 6.75. The van der Waals surface area contributed by atoms with Crippen LogP contribution in [0.4, 0.5) is 0 Å². The lowest BCUT2D eigenvalue weighted by atomic mass is 9.87. The third kappa shape index (κ3) is 3.26. The molecule has 0 saturated carbocycles. The fraction of sp³-hybridized carbons (Fsp3) is 0.375. The van der Waals surface area contributed by atoms with Gasteiger partial charge in [0.1, 0.15) is 0 Å². The number of aromatic nitrogens is 2. The lowest BCUT2D eigenvalue weighted by molar-refractivity contribution is 0.0951. The summed E-state index contributed by atoms with van der Waals surface area (Å²) in [5.41, 5.74) is 3.99. The Labute approximate surface area is 119 Å². The molecule has 0 aliphatic rings. The first-order chi connectivity index (χ1) is 9.38. The van der Waals surface area contributed by atoms with Gasteiger partial charge >= 0.3 is 0 Å². The van der Waals surface area contributed by atoms with Crippen LogP contribution in [0.3, 0.4) is 0 Å². The molecule has 0 aliphatic heterocycles. The van der Waals surface area contributed by atoms with Gasteiger partial charge in [-0.2, -0.15) is 5.10 Å². The van der Waals surface area contributed by atoms with Crippen molar-refractivity contribution in [3.63, 3.8) is 0 Å². The summed E-state index contributed by atoms with van der Waals surface area (Å²) < 4.78 is 0. The minimum Gasteiger partial charge on any atom is -0.348 e. The van der Waals surface area contributed by atoms with Gasteiger partial charge in [0.25, 0.3) is 5.91 Å². The molecule has 1 amide bonds. The number of carbonyl (C=O) groups excluding carboxylic acids is 1. The molecular weight excluding hydrogens is 250 g/mol. The highest BCUT2D eigenvalue weighted by Crippen LogP contribution is 2.22. The van der Waals surface area contributed by atoms with Gasteiger partial charge < -0.3 is 5.32 Å². The normalized spacial score (nSPS) is 11.4. The Morgan fingerprint density at radius 2 is 1.90 bits per heavy atom. The molecule has 0 radical (unpaired) electrons. The molecule has 0 saturated heterocycles. The third-order valence-corrected chi connectivity index (χ3v) is 3.39. The van der Waals surface area contributed by atoms with E-state index in [1.165, 1.54) is 5.56 Å². The van der Waals surface area contributed by atoms with E-state index in [-0.39, 0.29) is 11.3 Å². The standard InChI is InChI=1S/C16H21N3O/c1-11-13(10-18-19-11)9-17-15(20)12-5-7-14(8-6-12)16(2,3)4/h5-8,10H,9H2,1-4H3,(H,17,20)(H,18,19). The van der Waals surface area contributed by atoms with Crippen molar-refractivity contribution in [2.75, 3.05) is 0 Å². The zero-order valence-electron chi connectivity index (χ0n) is 12.4. The Morgan fingerprint density at radius 1 is 1.25 bits per heavy atom. The maximum Gasteiger partial charge on any atom is 0.251 e. The lowest BCUT2D eigenvalue weighted by Crippen LogP contribution is -2.23. The molecule has 0 aliphatic carbocycles. The number of nitrogens with one attached hydrogen (secondary N) is 2. The first-order valence-corrected chi connectivity index (χ1v) is 6.75. The summed E-state index contributed by atoms with van der Waals surface area (Å²) in [6, 6.07) is 7.77. The fourth-order valence-corrected chi connectivity index (χ4v) is 1.95. The minimum atomic E-state index is -0.0638. The Morgan fingerprint density at radius 3 is 2.40 bits per heavy atom. The average molecular weight is 271 g/mol. The highest BCUT2D eigenvalue weighted by Gasteiger charge is 2.14. The number of rotatable bonds is 3. The minimum absolute atomic E-state index is 0.0638. The predicted octanol–water partition coefficient (Wildman–Crippen LogP) is 2.95. The highest BCUT2D eigenvalue weighted by molar-refractivity contribution is 5.94. The first kappa shape index (κ1) is 14.3. The lowest BCUT2D eigenvalue weighted by Gasteiger charge is -2.19. The SMILES string of the molecule is Cc1[nH]ncc1CNC(=O)c1ccc(C(C)(C)C)cc1. The maximum atomic E-state index is 12.1. The molecule has 20 heavy (non-hydrogen) atoms. The molecule has 4 heteroatoms. The predicted molar refractivity (Wildman–Crippen MR) is 79.6 cm³/mol. The number of nitrogens with zero attached hydrogens (tertiary/aromatic N) is 1. The van der Waals surface area contributed by atoms with Crippen molar-refractivity contribution >= 4 is 5.91 Å². The van der Waals surface area contributed by atoms with E-state index in [9.17, 15) is 4.79 Å². The zero-order chi connectivity index (χ0) is 14.8. The molecule has 4 nitrogen and oxygen atoms in total. The van der Waals surface area contributed by atoms with E-state index in [2.05, 4.69) is 36.3 Å². The summed E-state index contributed by atoms with van der Waals surface area (Å²) in [4.78, 5) is 12.1. The van der Waals surface area contributed by atoms with Gasteiger partial charge in [0.15, 0.2) is 0 Å². The monoisotopic (exact) mass is 271 g/mol. The summed E-state index contributed by atoms with van der Waals surface area (Å²) in [5.74, 6) is -0.0638. The van der Waals surface area contributed by atoms with Crippen LogP contribution >= 0.6 is 0 Å². The van der Waals surface area contributed by atoms with Crippen LogP contribution in [0.5, 0.6) is 0 Å². The summed E-state index contributed by atoms with van der Waals surface area (Å²) in [6.07, 6.45) is 1.73. The van der Waals surface area contributed by atoms with E-state index in [0.29, 0.717) is 12.1 Å². The number of carbonyl (C=O) groups is 1. The number of hydrogen-bond acceptors (Lipinski definition) is 2. The van der Waals surface area contributed by atoms with Gasteiger partial charge in [0.2, 0.25) is 0 Å². The number of aromatic amines is 1. The van der Waals surface area contributed by atoms with E-state index in [1.54, 1.807) is 6.20 Å². The van der Waals surface area contributed by atoms with Crippen LogP contribution in [0.15, 0.2) is 30.5 Å². The van der Waals surface area contributed by atoms with Crippen LogP contribution in [-0.2, 0) is 12.0 Å². The van der Waals surface area contributed by atoms with Crippen LogP contribution in [0.1, 0.15) is 48.0 Å². The van der Waals surface area contributed by atoms with Gasteiger partial charge in [-0.25, -0.2) is 0 Å². The molecule has 2 N–H and O–H groups in total. The average Bonchev–Trinajstić information content (AvgIpc) is 2.81. The van der Waals surface area contributed by atoms with E-state index >= 15 is 0 Å². The van der Waals surface area contributed by atoms with Crippen LogP contribution in [0, 0.1) is 6.92 Å². The second-order valence-corrected chi connectivity index (χ2v) is 6.03. The summed E-state index contributed by atoms with van der Waals surface area (Å²) >= 11 is 0. The molecule has 1 aromatic carbocycles. The Balaban J connectivity index is 2.01.